The summed E-state index contributed by atoms with van der Waals surface area (Å²) in [5.74, 6) is -0.484. The third-order valence-corrected chi connectivity index (χ3v) is 4.31. The summed E-state index contributed by atoms with van der Waals surface area (Å²) in [7, 11) is 0. The molecule has 0 unspecified atom stereocenters. The molecule has 0 aliphatic rings. The van der Waals surface area contributed by atoms with Crippen LogP contribution in [-0.4, -0.2) is 16.9 Å². The molecule has 0 fully saturated rings. The maximum atomic E-state index is 12.8. The van der Waals surface area contributed by atoms with Crippen LogP contribution < -0.4 is 10.6 Å². The number of carbonyl (C=O) groups excluding carboxylic acids is 1. The normalized spacial score (nSPS) is 12.9. The summed E-state index contributed by atoms with van der Waals surface area (Å²) in [6.45, 7) is 7.64. The first-order valence-corrected chi connectivity index (χ1v) is 8.82. The number of amides is 1. The molecule has 1 atom stereocenters. The Kier molecular flexibility index (Phi) is 6.20. The Balaban J connectivity index is 2.14. The number of nitrogens with one attached hydrogen (secondary N) is 2. The molecule has 0 spiro atoms. The molecule has 0 heterocycles. The number of alkyl halides is 3. The SMILES string of the molecule is C[C@H](Nc1ccc(C(F)(F)F)cc1[N+](=O)[O-])C(=O)Nc1ccc(C(C)(C)C)cc1. The number of hydrogen-bond acceptors (Lipinski definition) is 4. The minimum absolute atomic E-state index is 0.0428. The third-order valence-electron chi connectivity index (χ3n) is 4.31. The summed E-state index contributed by atoms with van der Waals surface area (Å²) >= 11 is 0. The second-order valence-corrected chi connectivity index (χ2v) is 7.67. The van der Waals surface area contributed by atoms with Gasteiger partial charge in [-0.1, -0.05) is 32.9 Å². The van der Waals surface area contributed by atoms with Gasteiger partial charge in [-0.15, -0.1) is 0 Å². The summed E-state index contributed by atoms with van der Waals surface area (Å²) < 4.78 is 38.4. The average molecular weight is 409 g/mol. The van der Waals surface area contributed by atoms with Crippen molar-refractivity contribution in [3.63, 3.8) is 0 Å². The lowest BCUT2D eigenvalue weighted by molar-refractivity contribution is -0.384. The van der Waals surface area contributed by atoms with E-state index in [-0.39, 0.29) is 11.1 Å². The molecule has 0 aromatic heterocycles. The Morgan fingerprint density at radius 3 is 2.07 bits per heavy atom. The molecule has 0 aliphatic heterocycles. The van der Waals surface area contributed by atoms with Crippen molar-refractivity contribution in [1.82, 2.24) is 0 Å². The summed E-state index contributed by atoms with van der Waals surface area (Å²) in [5, 5.41) is 16.4. The molecule has 0 saturated carbocycles. The number of nitro benzene ring substituents is 1. The molecule has 9 heteroatoms. The molecule has 156 valence electrons. The van der Waals surface area contributed by atoms with Crippen LogP contribution in [0.4, 0.5) is 30.2 Å². The smallest absolute Gasteiger partial charge is 0.368 e. The molecule has 0 bridgehead atoms. The van der Waals surface area contributed by atoms with Gasteiger partial charge in [0.15, 0.2) is 0 Å². The van der Waals surface area contributed by atoms with Gasteiger partial charge in [-0.2, -0.15) is 13.2 Å². The van der Waals surface area contributed by atoms with Gasteiger partial charge in [0.1, 0.15) is 11.7 Å². The van der Waals surface area contributed by atoms with E-state index < -0.39 is 34.3 Å². The van der Waals surface area contributed by atoms with Crippen LogP contribution in [0.2, 0.25) is 0 Å². The van der Waals surface area contributed by atoms with Crippen LogP contribution in [0.3, 0.4) is 0 Å². The Bertz CT molecular complexity index is 904. The van der Waals surface area contributed by atoms with Crippen molar-refractivity contribution in [3.05, 3.63) is 63.7 Å². The van der Waals surface area contributed by atoms with Crippen molar-refractivity contribution < 1.29 is 22.9 Å². The van der Waals surface area contributed by atoms with E-state index in [1.165, 1.54) is 6.92 Å². The van der Waals surface area contributed by atoms with Crippen molar-refractivity contribution >= 4 is 23.0 Å². The monoisotopic (exact) mass is 409 g/mol. The zero-order valence-electron chi connectivity index (χ0n) is 16.4. The van der Waals surface area contributed by atoms with Gasteiger partial charge < -0.3 is 10.6 Å². The first-order valence-electron chi connectivity index (χ1n) is 8.82. The van der Waals surface area contributed by atoms with E-state index >= 15 is 0 Å². The van der Waals surface area contributed by atoms with E-state index in [1.54, 1.807) is 12.1 Å². The van der Waals surface area contributed by atoms with Crippen molar-refractivity contribution in [3.8, 4) is 0 Å². The van der Waals surface area contributed by atoms with Crippen LogP contribution in [0.5, 0.6) is 0 Å². The molecule has 0 saturated heterocycles. The number of rotatable bonds is 5. The second kappa shape index (κ2) is 8.10. The molecule has 2 aromatic rings. The summed E-state index contributed by atoms with van der Waals surface area (Å²) in [5.41, 5.74) is -0.479. The average Bonchev–Trinajstić information content (AvgIpc) is 2.60. The number of benzene rings is 2. The Morgan fingerprint density at radius 1 is 1.03 bits per heavy atom. The fourth-order valence-corrected chi connectivity index (χ4v) is 2.58. The molecule has 6 nitrogen and oxygen atoms in total. The molecule has 29 heavy (non-hydrogen) atoms. The molecular weight excluding hydrogens is 387 g/mol. The lowest BCUT2D eigenvalue weighted by Crippen LogP contribution is -2.32. The standard InChI is InChI=1S/C20H22F3N3O3/c1-12(18(27)25-15-8-5-13(6-9-15)19(2,3)4)24-16-10-7-14(20(21,22)23)11-17(16)26(28)29/h5-12,24H,1-4H3,(H,25,27)/t12-/m0/s1. The van der Waals surface area contributed by atoms with Gasteiger partial charge in [-0.05, 0) is 42.2 Å². The molecule has 2 rings (SSSR count). The van der Waals surface area contributed by atoms with E-state index in [1.807, 2.05) is 12.1 Å². The predicted molar refractivity (Wildman–Crippen MR) is 105 cm³/mol. The molecule has 0 radical (unpaired) electrons. The first kappa shape index (κ1) is 22.2. The fraction of sp³-hybridized carbons (Fsp3) is 0.350. The quantitative estimate of drug-likeness (QED) is 0.515. The number of halogens is 3. The highest BCUT2D eigenvalue weighted by molar-refractivity contribution is 5.96. The number of anilines is 2. The Morgan fingerprint density at radius 2 is 1.59 bits per heavy atom. The summed E-state index contributed by atoms with van der Waals surface area (Å²) in [6, 6.07) is 8.44. The minimum atomic E-state index is -4.70. The van der Waals surface area contributed by atoms with Gasteiger partial charge in [-0.3, -0.25) is 14.9 Å². The van der Waals surface area contributed by atoms with Crippen LogP contribution in [0.1, 0.15) is 38.8 Å². The van der Waals surface area contributed by atoms with Crippen molar-refractivity contribution in [2.75, 3.05) is 10.6 Å². The Labute approximate surface area is 166 Å². The summed E-state index contributed by atoms with van der Waals surface area (Å²) in [4.78, 5) is 22.6. The van der Waals surface area contributed by atoms with E-state index in [0.717, 1.165) is 17.7 Å². The zero-order valence-corrected chi connectivity index (χ0v) is 16.4. The van der Waals surface area contributed by atoms with Gasteiger partial charge in [0.25, 0.3) is 5.69 Å². The van der Waals surface area contributed by atoms with Crippen molar-refractivity contribution in [1.29, 1.82) is 0 Å². The number of carbonyl (C=O) groups is 1. The topological polar surface area (TPSA) is 84.3 Å². The fourth-order valence-electron chi connectivity index (χ4n) is 2.58. The van der Waals surface area contributed by atoms with Gasteiger partial charge in [0.05, 0.1) is 10.5 Å². The van der Waals surface area contributed by atoms with E-state index in [0.29, 0.717) is 11.8 Å². The molecule has 0 aliphatic carbocycles. The van der Waals surface area contributed by atoms with Crippen LogP contribution in [0.25, 0.3) is 0 Å². The number of nitro groups is 1. The second-order valence-electron chi connectivity index (χ2n) is 7.67. The zero-order chi connectivity index (χ0) is 22.0. The number of hydrogen-bond donors (Lipinski definition) is 2. The van der Waals surface area contributed by atoms with Crippen LogP contribution in [0, 0.1) is 10.1 Å². The van der Waals surface area contributed by atoms with Gasteiger partial charge in [-0.25, -0.2) is 0 Å². The van der Waals surface area contributed by atoms with Crippen LogP contribution in [0.15, 0.2) is 42.5 Å². The maximum Gasteiger partial charge on any atom is 0.416 e. The number of nitrogens with zero attached hydrogens (tertiary/aromatic N) is 1. The maximum absolute atomic E-state index is 12.8. The highest BCUT2D eigenvalue weighted by Gasteiger charge is 2.33. The summed E-state index contributed by atoms with van der Waals surface area (Å²) in [6.07, 6.45) is -4.70. The van der Waals surface area contributed by atoms with Crippen molar-refractivity contribution in [2.45, 2.75) is 45.3 Å². The van der Waals surface area contributed by atoms with Crippen LogP contribution in [-0.2, 0) is 16.4 Å². The molecular formula is C20H22F3N3O3. The third kappa shape index (κ3) is 5.69. The molecule has 2 aromatic carbocycles. The van der Waals surface area contributed by atoms with Crippen molar-refractivity contribution in [2.24, 2.45) is 0 Å². The first-order chi connectivity index (χ1) is 13.3. The van der Waals surface area contributed by atoms with E-state index in [2.05, 4.69) is 31.4 Å². The van der Waals surface area contributed by atoms with Gasteiger partial charge in [0.2, 0.25) is 5.91 Å². The predicted octanol–water partition coefficient (Wildman–Crippen LogP) is 5.35. The largest absolute Gasteiger partial charge is 0.416 e. The van der Waals surface area contributed by atoms with Gasteiger partial charge in [0, 0.05) is 11.8 Å². The molecule has 2 N–H and O–H groups in total. The van der Waals surface area contributed by atoms with Gasteiger partial charge >= 0.3 is 6.18 Å². The highest BCUT2D eigenvalue weighted by atomic mass is 19.4. The van der Waals surface area contributed by atoms with Crippen LogP contribution >= 0.6 is 0 Å². The Hall–Kier alpha value is -3.10. The van der Waals surface area contributed by atoms with E-state index in [9.17, 15) is 28.1 Å². The minimum Gasteiger partial charge on any atom is -0.368 e. The van der Waals surface area contributed by atoms with E-state index in [4.69, 9.17) is 0 Å². The highest BCUT2D eigenvalue weighted by Crippen LogP contribution is 2.35. The lowest BCUT2D eigenvalue weighted by Gasteiger charge is -2.20. The molecule has 1 amide bonds. The lowest BCUT2D eigenvalue weighted by atomic mass is 9.87.